The van der Waals surface area contributed by atoms with Gasteiger partial charge in [0.1, 0.15) is 35.5 Å². The highest BCUT2D eigenvalue weighted by atomic mass is 35.5. The Balaban J connectivity index is 1.36. The predicted molar refractivity (Wildman–Crippen MR) is 157 cm³/mol. The second-order valence-corrected chi connectivity index (χ2v) is 9.98. The van der Waals surface area contributed by atoms with E-state index in [-0.39, 0.29) is 30.4 Å². The molecular formula is C32H24Cl2N2O6. The fourth-order valence-electron chi connectivity index (χ4n) is 4.43. The molecule has 2 N–H and O–H groups in total. The zero-order valence-corrected chi connectivity index (χ0v) is 23.8. The first-order valence-electron chi connectivity index (χ1n) is 12.7. The molecule has 4 aromatic carbocycles. The van der Waals surface area contributed by atoms with E-state index in [0.717, 1.165) is 11.1 Å². The van der Waals surface area contributed by atoms with Gasteiger partial charge >= 0.3 is 5.97 Å². The average Bonchev–Trinajstić information content (AvgIpc) is 2.99. The molecular weight excluding hydrogens is 579 g/mol. The van der Waals surface area contributed by atoms with E-state index >= 15 is 0 Å². The Hall–Kier alpha value is -4.84. The number of allylic oxidation sites excluding steroid dienone is 1. The summed E-state index contributed by atoms with van der Waals surface area (Å²) in [4.78, 5) is 12.4. The third kappa shape index (κ3) is 6.39. The van der Waals surface area contributed by atoms with E-state index < -0.39 is 11.9 Å². The molecule has 0 bridgehead atoms. The van der Waals surface area contributed by atoms with Crippen molar-refractivity contribution in [1.29, 1.82) is 5.26 Å². The maximum absolute atomic E-state index is 12.4. The molecule has 0 aromatic heterocycles. The Morgan fingerprint density at radius 1 is 0.952 bits per heavy atom. The minimum Gasteiger partial charge on any atom is -0.493 e. The lowest BCUT2D eigenvalue weighted by Gasteiger charge is -2.27. The molecule has 4 aromatic rings. The molecule has 0 saturated carbocycles. The van der Waals surface area contributed by atoms with Gasteiger partial charge in [0, 0.05) is 27.2 Å². The standard InChI is InChI=1S/C32H24Cl2N2O6/c1-38-29-14-19(6-13-27(29)40-17-20-4-2-3-5-26(20)34)31-24-12-11-23(15-28(24)42-32(36)25(31)16-35)41-30(37)18-39-22-9-7-21(33)8-10-22/h2-15,31H,17-18,36H2,1H3. The van der Waals surface area contributed by atoms with Gasteiger partial charge in [-0.05, 0) is 54.1 Å². The van der Waals surface area contributed by atoms with Gasteiger partial charge in [0.25, 0.3) is 0 Å². The van der Waals surface area contributed by atoms with Crippen molar-refractivity contribution in [3.8, 4) is 34.8 Å². The molecule has 1 atom stereocenters. The van der Waals surface area contributed by atoms with Crippen LogP contribution in [0.3, 0.4) is 0 Å². The van der Waals surface area contributed by atoms with Gasteiger partial charge in [0.2, 0.25) is 5.88 Å². The highest BCUT2D eigenvalue weighted by molar-refractivity contribution is 6.31. The SMILES string of the molecule is COc1cc(C2C(C#N)=C(N)Oc3cc(OC(=O)COc4ccc(Cl)cc4)ccc32)ccc1OCc1ccccc1Cl. The summed E-state index contributed by atoms with van der Waals surface area (Å²) >= 11 is 12.1. The second kappa shape index (κ2) is 12.8. The molecule has 0 aliphatic carbocycles. The van der Waals surface area contributed by atoms with Crippen LogP contribution < -0.4 is 29.4 Å². The number of fused-ring (bicyclic) bond motifs is 1. The highest BCUT2D eigenvalue weighted by Gasteiger charge is 2.32. The number of nitrogens with zero attached hydrogens (tertiary/aromatic N) is 1. The normalized spacial score (nSPS) is 13.8. The number of hydrogen-bond acceptors (Lipinski definition) is 8. The molecule has 42 heavy (non-hydrogen) atoms. The molecule has 0 amide bonds. The topological polar surface area (TPSA) is 113 Å². The average molecular weight is 603 g/mol. The number of halogens is 2. The Morgan fingerprint density at radius 3 is 2.45 bits per heavy atom. The van der Waals surface area contributed by atoms with Gasteiger partial charge < -0.3 is 29.4 Å². The fourth-order valence-corrected chi connectivity index (χ4v) is 4.75. The number of carbonyl (C=O) groups is 1. The quantitative estimate of drug-likeness (QED) is 0.165. The lowest BCUT2D eigenvalue weighted by Crippen LogP contribution is -2.21. The molecule has 1 aliphatic rings. The highest BCUT2D eigenvalue weighted by Crippen LogP contribution is 2.45. The van der Waals surface area contributed by atoms with Gasteiger partial charge in [0.05, 0.1) is 13.0 Å². The minimum absolute atomic E-state index is 0.0532. The molecule has 0 saturated heterocycles. The zero-order valence-electron chi connectivity index (χ0n) is 22.3. The summed E-state index contributed by atoms with van der Waals surface area (Å²) in [5.41, 5.74) is 8.61. The minimum atomic E-state index is -0.615. The Morgan fingerprint density at radius 2 is 1.71 bits per heavy atom. The van der Waals surface area contributed by atoms with Gasteiger partial charge in [0.15, 0.2) is 18.1 Å². The van der Waals surface area contributed by atoms with Crippen LogP contribution >= 0.6 is 23.2 Å². The van der Waals surface area contributed by atoms with Crippen LogP contribution in [0.4, 0.5) is 0 Å². The molecule has 8 nitrogen and oxygen atoms in total. The smallest absolute Gasteiger partial charge is 0.349 e. The van der Waals surface area contributed by atoms with Crippen molar-refractivity contribution in [2.75, 3.05) is 13.7 Å². The molecule has 0 fully saturated rings. The number of ether oxygens (including phenoxy) is 5. The first-order chi connectivity index (χ1) is 20.4. The summed E-state index contributed by atoms with van der Waals surface area (Å²) in [6.07, 6.45) is 0. The first kappa shape index (κ1) is 28.7. The predicted octanol–water partition coefficient (Wildman–Crippen LogP) is 6.78. The van der Waals surface area contributed by atoms with Crippen LogP contribution in [0.5, 0.6) is 28.7 Å². The summed E-state index contributed by atoms with van der Waals surface area (Å²) < 4.78 is 28.2. The summed E-state index contributed by atoms with van der Waals surface area (Å²) in [7, 11) is 1.53. The third-order valence-electron chi connectivity index (χ3n) is 6.45. The number of nitrogens with two attached hydrogens (primary N) is 1. The monoisotopic (exact) mass is 602 g/mol. The van der Waals surface area contributed by atoms with Crippen LogP contribution in [-0.2, 0) is 11.4 Å². The van der Waals surface area contributed by atoms with Crippen LogP contribution in [0.2, 0.25) is 10.0 Å². The van der Waals surface area contributed by atoms with Gasteiger partial charge in [-0.1, -0.05) is 53.5 Å². The van der Waals surface area contributed by atoms with Crippen molar-refractivity contribution in [2.24, 2.45) is 5.73 Å². The van der Waals surface area contributed by atoms with E-state index in [1.165, 1.54) is 7.11 Å². The van der Waals surface area contributed by atoms with Gasteiger partial charge in [-0.15, -0.1) is 0 Å². The second-order valence-electron chi connectivity index (χ2n) is 9.13. The van der Waals surface area contributed by atoms with E-state index in [1.807, 2.05) is 24.3 Å². The van der Waals surface area contributed by atoms with E-state index in [4.69, 9.17) is 52.6 Å². The van der Waals surface area contributed by atoms with E-state index in [9.17, 15) is 10.1 Å². The van der Waals surface area contributed by atoms with Crippen molar-refractivity contribution in [1.82, 2.24) is 0 Å². The molecule has 0 spiro atoms. The largest absolute Gasteiger partial charge is 0.493 e. The molecule has 10 heteroatoms. The molecule has 212 valence electrons. The Bertz CT molecular complexity index is 1700. The number of methoxy groups -OCH3 is 1. The Labute approximate surface area is 252 Å². The fraction of sp³-hybridized carbons (Fsp3) is 0.125. The van der Waals surface area contributed by atoms with Crippen molar-refractivity contribution in [2.45, 2.75) is 12.5 Å². The van der Waals surface area contributed by atoms with E-state index in [0.29, 0.717) is 38.6 Å². The van der Waals surface area contributed by atoms with Gasteiger partial charge in [-0.2, -0.15) is 5.26 Å². The molecule has 1 aliphatic heterocycles. The van der Waals surface area contributed by atoms with Crippen LogP contribution in [-0.4, -0.2) is 19.7 Å². The van der Waals surface area contributed by atoms with Crippen LogP contribution in [0.15, 0.2) is 96.4 Å². The number of esters is 1. The maximum atomic E-state index is 12.4. The first-order valence-corrected chi connectivity index (χ1v) is 13.5. The van der Waals surface area contributed by atoms with Gasteiger partial charge in [-0.25, -0.2) is 4.79 Å². The van der Waals surface area contributed by atoms with Gasteiger partial charge in [-0.3, -0.25) is 0 Å². The number of hydrogen-bond donors (Lipinski definition) is 1. The molecule has 1 heterocycles. The summed E-state index contributed by atoms with van der Waals surface area (Å²) in [5, 5.41) is 11.1. The third-order valence-corrected chi connectivity index (χ3v) is 7.08. The van der Waals surface area contributed by atoms with Crippen LogP contribution in [0.1, 0.15) is 22.6 Å². The van der Waals surface area contributed by atoms with Crippen molar-refractivity contribution >= 4 is 29.2 Å². The number of benzene rings is 4. The lowest BCUT2D eigenvalue weighted by molar-refractivity contribution is -0.136. The number of rotatable bonds is 9. The van der Waals surface area contributed by atoms with Crippen molar-refractivity contribution in [3.63, 3.8) is 0 Å². The van der Waals surface area contributed by atoms with Crippen LogP contribution in [0.25, 0.3) is 0 Å². The van der Waals surface area contributed by atoms with E-state index in [1.54, 1.807) is 60.7 Å². The van der Waals surface area contributed by atoms with E-state index in [2.05, 4.69) is 6.07 Å². The zero-order chi connectivity index (χ0) is 29.6. The van der Waals surface area contributed by atoms with Crippen molar-refractivity contribution < 1.29 is 28.5 Å². The summed E-state index contributed by atoms with van der Waals surface area (Å²) in [6.45, 7) is -0.0640. The molecule has 0 radical (unpaired) electrons. The number of carbonyl (C=O) groups excluding carboxylic acids is 1. The molecule has 5 rings (SSSR count). The lowest BCUT2D eigenvalue weighted by atomic mass is 9.83. The summed E-state index contributed by atoms with van der Waals surface area (Å²) in [6, 6.07) is 26.5. The van der Waals surface area contributed by atoms with Crippen LogP contribution in [0, 0.1) is 11.3 Å². The number of nitriles is 1. The summed E-state index contributed by atoms with van der Waals surface area (Å²) in [5.74, 6) is 0.790. The maximum Gasteiger partial charge on any atom is 0.349 e. The van der Waals surface area contributed by atoms with Crippen molar-refractivity contribution in [3.05, 3.63) is 123 Å². The Kier molecular flexibility index (Phi) is 8.72. The molecule has 1 unspecified atom stereocenters.